The van der Waals surface area contributed by atoms with E-state index in [0.717, 1.165) is 0 Å². The molecule has 0 aromatic heterocycles. The van der Waals surface area contributed by atoms with Crippen LogP contribution in [0, 0.1) is 0 Å². The highest BCUT2D eigenvalue weighted by molar-refractivity contribution is 7.62. The maximum atomic E-state index is 11.9. The molecule has 0 N–H and O–H groups in total. The van der Waals surface area contributed by atoms with E-state index in [2.05, 4.69) is 0 Å². The molecule has 1 atom stereocenters. The Balaban J connectivity index is 2.96. The summed E-state index contributed by atoms with van der Waals surface area (Å²) in [6.45, 7) is 0. The number of halogens is 1. The molecule has 3 nitrogen and oxygen atoms in total. The molecule has 14 heavy (non-hydrogen) atoms. The van der Waals surface area contributed by atoms with Crippen molar-refractivity contribution in [3.05, 3.63) is 42.9 Å². The minimum Gasteiger partial charge on any atom is -0.427 e. The van der Waals surface area contributed by atoms with Crippen molar-refractivity contribution < 1.29 is 18.0 Å². The van der Waals surface area contributed by atoms with Crippen molar-refractivity contribution in [2.24, 2.45) is 0 Å². The second-order valence-electron chi connectivity index (χ2n) is 2.38. The van der Waals surface area contributed by atoms with Crippen LogP contribution in [0.4, 0.5) is 4.39 Å². The Morgan fingerprint density at radius 2 is 2.00 bits per heavy atom. The Bertz CT molecular complexity index is 350. The van der Waals surface area contributed by atoms with Crippen LogP contribution >= 0.6 is 7.60 Å². The zero-order valence-corrected chi connectivity index (χ0v) is 8.49. The molecule has 0 amide bonds. The third kappa shape index (κ3) is 2.44. The van der Waals surface area contributed by atoms with E-state index in [-0.39, 0.29) is 6.33 Å². The summed E-state index contributed by atoms with van der Waals surface area (Å²) in [6, 6.07) is 8.36. The average molecular weight is 216 g/mol. The van der Waals surface area contributed by atoms with Gasteiger partial charge in [-0.3, -0.25) is 4.52 Å². The first kappa shape index (κ1) is 11.0. The summed E-state index contributed by atoms with van der Waals surface area (Å²) in [5.74, 6) is 0. The van der Waals surface area contributed by atoms with E-state index in [1.165, 1.54) is 7.11 Å². The molecule has 0 aliphatic carbocycles. The molecule has 0 aliphatic rings. The van der Waals surface area contributed by atoms with Gasteiger partial charge in [0.15, 0.2) is 0 Å². The molecule has 76 valence electrons. The van der Waals surface area contributed by atoms with Gasteiger partial charge >= 0.3 is 7.60 Å². The summed E-state index contributed by atoms with van der Waals surface area (Å²) in [4.78, 5) is 0. The Morgan fingerprint density at radius 3 is 2.50 bits per heavy atom. The molecule has 0 fully saturated rings. The van der Waals surface area contributed by atoms with Crippen molar-refractivity contribution in [2.45, 2.75) is 0 Å². The van der Waals surface area contributed by atoms with E-state index in [4.69, 9.17) is 9.05 Å². The molecule has 0 saturated carbocycles. The van der Waals surface area contributed by atoms with Crippen LogP contribution in [0.2, 0.25) is 0 Å². The molecule has 1 rings (SSSR count). The predicted molar refractivity (Wildman–Crippen MR) is 52.0 cm³/mol. The monoisotopic (exact) mass is 216 g/mol. The van der Waals surface area contributed by atoms with Crippen LogP contribution in [0.3, 0.4) is 0 Å². The standard InChI is InChI=1S/C9H10FO3P/c1-12-14(11,13-8-7-10)9-5-3-2-4-6-9/h2-8H,1H3. The normalized spacial score (nSPS) is 15.3. The van der Waals surface area contributed by atoms with E-state index < -0.39 is 7.60 Å². The van der Waals surface area contributed by atoms with E-state index in [1.54, 1.807) is 30.3 Å². The summed E-state index contributed by atoms with van der Waals surface area (Å²) < 4.78 is 33.0. The van der Waals surface area contributed by atoms with Crippen LogP contribution in [-0.2, 0) is 13.6 Å². The number of hydrogen-bond acceptors (Lipinski definition) is 3. The lowest BCUT2D eigenvalue weighted by Gasteiger charge is -2.13. The Morgan fingerprint density at radius 1 is 1.36 bits per heavy atom. The summed E-state index contributed by atoms with van der Waals surface area (Å²) >= 11 is 0. The summed E-state index contributed by atoms with van der Waals surface area (Å²) in [6.07, 6.45) is 0.867. The molecule has 5 heteroatoms. The zero-order valence-electron chi connectivity index (χ0n) is 7.59. The first-order valence-corrected chi connectivity index (χ1v) is 5.42. The van der Waals surface area contributed by atoms with E-state index in [1.807, 2.05) is 0 Å². The Labute approximate surface area is 81.7 Å². The first-order valence-electron chi connectivity index (χ1n) is 3.88. The third-order valence-electron chi connectivity index (χ3n) is 1.56. The van der Waals surface area contributed by atoms with Gasteiger partial charge in [-0.25, -0.2) is 8.96 Å². The third-order valence-corrected chi connectivity index (χ3v) is 3.37. The Hall–Kier alpha value is -1.12. The van der Waals surface area contributed by atoms with Gasteiger partial charge in [0, 0.05) is 7.11 Å². The predicted octanol–water partition coefficient (Wildman–Crippen LogP) is 2.61. The zero-order chi connectivity index (χ0) is 10.4. The number of benzene rings is 1. The lowest BCUT2D eigenvalue weighted by Crippen LogP contribution is -2.06. The summed E-state index contributed by atoms with van der Waals surface area (Å²) in [5, 5.41) is 0.389. The van der Waals surface area contributed by atoms with Crippen LogP contribution in [-0.4, -0.2) is 7.11 Å². The highest BCUT2D eigenvalue weighted by Gasteiger charge is 2.25. The molecular weight excluding hydrogens is 206 g/mol. The van der Waals surface area contributed by atoms with Crippen molar-refractivity contribution in [3.8, 4) is 0 Å². The molecule has 0 spiro atoms. The number of hydrogen-bond donors (Lipinski definition) is 0. The molecule has 0 radical (unpaired) electrons. The Kier molecular flexibility index (Phi) is 3.86. The van der Waals surface area contributed by atoms with E-state index >= 15 is 0 Å². The van der Waals surface area contributed by atoms with Crippen molar-refractivity contribution in [2.75, 3.05) is 7.11 Å². The van der Waals surface area contributed by atoms with Gasteiger partial charge in [-0.1, -0.05) is 18.2 Å². The van der Waals surface area contributed by atoms with Crippen molar-refractivity contribution in [1.82, 2.24) is 0 Å². The summed E-state index contributed by atoms with van der Waals surface area (Å²) in [5.41, 5.74) is 0. The second kappa shape index (κ2) is 4.94. The lowest BCUT2D eigenvalue weighted by molar-refractivity contribution is 0.308. The number of rotatable bonds is 4. The minimum atomic E-state index is -3.40. The van der Waals surface area contributed by atoms with E-state index in [0.29, 0.717) is 11.6 Å². The molecule has 1 aromatic carbocycles. The van der Waals surface area contributed by atoms with Crippen LogP contribution in [0.25, 0.3) is 0 Å². The quantitative estimate of drug-likeness (QED) is 0.573. The van der Waals surface area contributed by atoms with Gasteiger partial charge in [-0.05, 0) is 12.1 Å². The minimum absolute atomic E-state index is 0.161. The molecular formula is C9H10FO3P. The molecule has 1 unspecified atom stereocenters. The van der Waals surface area contributed by atoms with Crippen LogP contribution < -0.4 is 5.30 Å². The van der Waals surface area contributed by atoms with Crippen molar-refractivity contribution in [3.63, 3.8) is 0 Å². The fourth-order valence-electron chi connectivity index (χ4n) is 0.923. The molecule has 1 aromatic rings. The van der Waals surface area contributed by atoms with E-state index in [9.17, 15) is 8.96 Å². The first-order chi connectivity index (χ1) is 6.73. The van der Waals surface area contributed by atoms with Gasteiger partial charge in [-0.15, -0.1) is 0 Å². The molecule has 0 bridgehead atoms. The van der Waals surface area contributed by atoms with Crippen LogP contribution in [0.5, 0.6) is 0 Å². The lowest BCUT2D eigenvalue weighted by atomic mass is 10.4. The smallest absolute Gasteiger partial charge is 0.409 e. The highest BCUT2D eigenvalue weighted by atomic mass is 31.2. The van der Waals surface area contributed by atoms with Gasteiger partial charge in [0.05, 0.1) is 5.30 Å². The maximum Gasteiger partial charge on any atom is 0.409 e. The fourth-order valence-corrected chi connectivity index (χ4v) is 2.09. The van der Waals surface area contributed by atoms with Gasteiger partial charge in [-0.2, -0.15) is 0 Å². The van der Waals surface area contributed by atoms with Gasteiger partial charge in [0.2, 0.25) is 0 Å². The maximum absolute atomic E-state index is 11.9. The molecule has 0 heterocycles. The van der Waals surface area contributed by atoms with Gasteiger partial charge < -0.3 is 4.52 Å². The highest BCUT2D eigenvalue weighted by Crippen LogP contribution is 2.46. The fraction of sp³-hybridized carbons (Fsp3) is 0.111. The molecule has 0 saturated heterocycles. The average Bonchev–Trinajstić information content (AvgIpc) is 2.27. The van der Waals surface area contributed by atoms with Crippen LogP contribution in [0.1, 0.15) is 0 Å². The van der Waals surface area contributed by atoms with Crippen molar-refractivity contribution >= 4 is 12.9 Å². The SMILES string of the molecule is COP(=O)(OC=CF)c1ccccc1. The van der Waals surface area contributed by atoms with Crippen molar-refractivity contribution in [1.29, 1.82) is 0 Å². The largest absolute Gasteiger partial charge is 0.427 e. The second-order valence-corrected chi connectivity index (χ2v) is 4.47. The van der Waals surface area contributed by atoms with Gasteiger partial charge in [0.1, 0.15) is 12.6 Å². The van der Waals surface area contributed by atoms with Crippen LogP contribution in [0.15, 0.2) is 42.9 Å². The topological polar surface area (TPSA) is 35.5 Å². The van der Waals surface area contributed by atoms with Gasteiger partial charge in [0.25, 0.3) is 0 Å². The molecule has 0 aliphatic heterocycles. The summed E-state index contributed by atoms with van der Waals surface area (Å²) in [7, 11) is -2.15.